The molecule has 0 saturated heterocycles. The van der Waals surface area contributed by atoms with Gasteiger partial charge in [0.1, 0.15) is 28.8 Å². The maximum atomic E-state index is 14.9. The van der Waals surface area contributed by atoms with Crippen LogP contribution in [-0.2, 0) is 10.0 Å². The van der Waals surface area contributed by atoms with Gasteiger partial charge in [-0.05, 0) is 37.6 Å². The lowest BCUT2D eigenvalue weighted by atomic mass is 10.1. The Morgan fingerprint density at radius 2 is 1.64 bits per heavy atom. The number of sulfonamides is 1. The molecule has 0 bridgehead atoms. The highest BCUT2D eigenvalue weighted by atomic mass is 32.2. The van der Waals surface area contributed by atoms with E-state index in [1.54, 1.807) is 31.5 Å². The third-order valence-electron chi connectivity index (χ3n) is 5.62. The van der Waals surface area contributed by atoms with E-state index in [-0.39, 0.29) is 17.4 Å². The third-order valence-corrected chi connectivity index (χ3v) is 7.48. The number of pyridine rings is 1. The summed E-state index contributed by atoms with van der Waals surface area (Å²) in [6.45, 7) is 4.96. The van der Waals surface area contributed by atoms with Crippen molar-refractivity contribution in [1.29, 1.82) is 0 Å². The molecule has 1 N–H and O–H groups in total. The predicted octanol–water partition coefficient (Wildman–Crippen LogP) is 3.65. The monoisotopic (exact) mass is 515 g/mol. The summed E-state index contributed by atoms with van der Waals surface area (Å²) in [4.78, 5) is 12.7. The number of para-hydroxylation sites is 1. The molecular weight excluding hydrogens is 492 g/mol. The fourth-order valence-electron chi connectivity index (χ4n) is 3.42. The number of anilines is 1. The van der Waals surface area contributed by atoms with Crippen molar-refractivity contribution in [2.45, 2.75) is 31.9 Å². The number of hydrogen-bond donors (Lipinski definition) is 1. The minimum atomic E-state index is -4.15. The molecule has 3 heterocycles. The number of nitrogens with zero attached hydrogens (tertiary/aromatic N) is 6. The van der Waals surface area contributed by atoms with Crippen LogP contribution in [0.25, 0.3) is 17.2 Å². The van der Waals surface area contributed by atoms with Crippen molar-refractivity contribution < 1.29 is 21.9 Å². The van der Waals surface area contributed by atoms with E-state index in [9.17, 15) is 17.2 Å². The highest BCUT2D eigenvalue weighted by Crippen LogP contribution is 2.30. The van der Waals surface area contributed by atoms with Gasteiger partial charge in [-0.2, -0.15) is 0 Å². The van der Waals surface area contributed by atoms with Gasteiger partial charge in [-0.15, -0.1) is 10.2 Å². The molecule has 13 heteroatoms. The van der Waals surface area contributed by atoms with Crippen molar-refractivity contribution in [1.82, 2.24) is 29.7 Å². The molecule has 2 atom stereocenters. The zero-order valence-corrected chi connectivity index (χ0v) is 20.7. The van der Waals surface area contributed by atoms with Gasteiger partial charge >= 0.3 is 0 Å². The Morgan fingerprint density at radius 3 is 2.28 bits per heavy atom. The Morgan fingerprint density at radius 1 is 1.00 bits per heavy atom. The van der Waals surface area contributed by atoms with Crippen LogP contribution in [0.2, 0.25) is 0 Å². The zero-order chi connectivity index (χ0) is 26.0. The molecule has 188 valence electrons. The van der Waals surface area contributed by atoms with Crippen LogP contribution < -0.4 is 9.46 Å². The smallest absolute Gasteiger partial charge is 0.243 e. The van der Waals surface area contributed by atoms with Gasteiger partial charge in [-0.1, -0.05) is 19.1 Å². The number of halogens is 2. The first-order valence-corrected chi connectivity index (χ1v) is 12.4. The molecule has 10 nitrogen and oxygen atoms in total. The topological polar surface area (TPSA) is 125 Å². The quantitative estimate of drug-likeness (QED) is 0.377. The van der Waals surface area contributed by atoms with Crippen LogP contribution in [0.4, 0.5) is 14.7 Å². The summed E-state index contributed by atoms with van der Waals surface area (Å²) < 4.78 is 64.7. The number of ether oxygens (including phenoxy) is 1. The minimum absolute atomic E-state index is 0.0989. The first-order chi connectivity index (χ1) is 17.1. The van der Waals surface area contributed by atoms with Crippen molar-refractivity contribution in [3.63, 3.8) is 0 Å². The van der Waals surface area contributed by atoms with Crippen LogP contribution in [-0.4, -0.2) is 50.5 Å². The van der Waals surface area contributed by atoms with E-state index >= 15 is 0 Å². The number of methoxy groups -OCH3 is 1. The Hall–Kier alpha value is -4.00. The second-order valence-corrected chi connectivity index (χ2v) is 10.1. The highest BCUT2D eigenvalue weighted by Gasteiger charge is 2.32. The lowest BCUT2D eigenvalue weighted by Crippen LogP contribution is -2.31. The van der Waals surface area contributed by atoms with E-state index < -0.39 is 44.5 Å². The molecular formula is C23H23F2N7O3S. The van der Waals surface area contributed by atoms with E-state index in [4.69, 9.17) is 4.74 Å². The summed E-state index contributed by atoms with van der Waals surface area (Å²) >= 11 is 0. The van der Waals surface area contributed by atoms with E-state index in [0.717, 1.165) is 22.3 Å². The molecule has 0 aliphatic carbocycles. The first-order valence-electron chi connectivity index (χ1n) is 10.8. The Balaban J connectivity index is 1.80. The van der Waals surface area contributed by atoms with Crippen molar-refractivity contribution in [2.75, 3.05) is 11.8 Å². The van der Waals surface area contributed by atoms with Gasteiger partial charge in [-0.3, -0.25) is 9.29 Å². The summed E-state index contributed by atoms with van der Waals surface area (Å²) in [5.74, 6) is -2.47. The lowest BCUT2D eigenvalue weighted by molar-refractivity contribution is 0.398. The molecule has 4 rings (SSSR count). The fourth-order valence-corrected chi connectivity index (χ4v) is 4.65. The Kier molecular flexibility index (Phi) is 6.93. The van der Waals surface area contributed by atoms with Gasteiger partial charge in [0.05, 0.1) is 12.4 Å². The number of nitrogens with one attached hydrogen (secondary N) is 1. The predicted molar refractivity (Wildman–Crippen MR) is 128 cm³/mol. The zero-order valence-electron chi connectivity index (χ0n) is 19.8. The van der Waals surface area contributed by atoms with Gasteiger partial charge in [0.25, 0.3) is 0 Å². The van der Waals surface area contributed by atoms with Crippen LogP contribution in [0.5, 0.6) is 5.88 Å². The maximum absolute atomic E-state index is 14.9. The summed E-state index contributed by atoms with van der Waals surface area (Å²) in [5.41, 5.74) is 0.421. The Labute approximate surface area is 206 Å². The molecule has 0 saturated carbocycles. The van der Waals surface area contributed by atoms with Gasteiger partial charge < -0.3 is 4.74 Å². The Bertz CT molecular complexity index is 1470. The molecule has 36 heavy (non-hydrogen) atoms. The molecule has 0 fully saturated rings. The van der Waals surface area contributed by atoms with Crippen LogP contribution in [0.15, 0.2) is 48.8 Å². The van der Waals surface area contributed by atoms with Crippen LogP contribution in [0.3, 0.4) is 0 Å². The standard InChI is InChI=1S/C23H23F2N7O3S/c1-13-11-26-21(27-12-13)14(2)15(3)36(33,34)31-23-30-29-22(18-9-6-10-19(28-18)35-4)32(23)20-16(24)7-5-8-17(20)25/h5-12,14-15H,1-4H3,(H,30,31). The minimum Gasteiger partial charge on any atom is -0.481 e. The summed E-state index contributed by atoms with van der Waals surface area (Å²) in [6, 6.07) is 7.98. The first kappa shape index (κ1) is 25.1. The normalized spacial score (nSPS) is 13.3. The molecule has 1 aromatic carbocycles. The summed E-state index contributed by atoms with van der Waals surface area (Å²) in [7, 11) is -2.74. The van der Waals surface area contributed by atoms with Crippen LogP contribution >= 0.6 is 0 Å². The maximum Gasteiger partial charge on any atom is 0.243 e. The molecule has 0 aliphatic heterocycles. The van der Waals surface area contributed by atoms with E-state index in [1.165, 1.54) is 26.2 Å². The number of hydrogen-bond acceptors (Lipinski definition) is 8. The van der Waals surface area contributed by atoms with Gasteiger partial charge in [0, 0.05) is 24.4 Å². The van der Waals surface area contributed by atoms with E-state index in [0.29, 0.717) is 5.82 Å². The molecule has 0 aliphatic rings. The number of aromatic nitrogens is 6. The average molecular weight is 516 g/mol. The molecule has 0 radical (unpaired) electrons. The average Bonchev–Trinajstić information content (AvgIpc) is 3.25. The van der Waals surface area contributed by atoms with Crippen LogP contribution in [0, 0.1) is 18.6 Å². The van der Waals surface area contributed by atoms with E-state index in [1.807, 2.05) is 6.92 Å². The molecule has 0 spiro atoms. The number of benzene rings is 1. The SMILES string of the molecule is COc1cccc(-c2nnc(NS(=O)(=O)C(C)C(C)c3ncc(C)cn3)n2-c2c(F)cccc2F)n1. The number of aryl methyl sites for hydroxylation is 1. The van der Waals surface area contributed by atoms with Crippen molar-refractivity contribution >= 4 is 16.0 Å². The van der Waals surface area contributed by atoms with Gasteiger partial charge in [0.2, 0.25) is 21.9 Å². The second kappa shape index (κ2) is 9.93. The molecule has 0 amide bonds. The van der Waals surface area contributed by atoms with Gasteiger partial charge in [0.15, 0.2) is 5.82 Å². The fraction of sp³-hybridized carbons (Fsp3) is 0.261. The van der Waals surface area contributed by atoms with Crippen LogP contribution in [0.1, 0.15) is 31.2 Å². The highest BCUT2D eigenvalue weighted by molar-refractivity contribution is 7.93. The number of rotatable bonds is 8. The van der Waals surface area contributed by atoms with Gasteiger partial charge in [-0.25, -0.2) is 32.2 Å². The van der Waals surface area contributed by atoms with Crippen molar-refractivity contribution in [3.8, 4) is 23.1 Å². The van der Waals surface area contributed by atoms with Crippen molar-refractivity contribution in [3.05, 3.63) is 71.8 Å². The molecule has 3 aromatic heterocycles. The third kappa shape index (κ3) is 4.87. The molecule has 2 unspecified atom stereocenters. The summed E-state index contributed by atoms with van der Waals surface area (Å²) in [5, 5.41) is 6.85. The van der Waals surface area contributed by atoms with E-state index in [2.05, 4.69) is 29.9 Å². The summed E-state index contributed by atoms with van der Waals surface area (Å²) in [6.07, 6.45) is 3.19. The molecule has 4 aromatic rings. The second-order valence-electron chi connectivity index (χ2n) is 8.08. The van der Waals surface area contributed by atoms with Crippen molar-refractivity contribution in [2.24, 2.45) is 0 Å². The largest absolute Gasteiger partial charge is 0.481 e. The lowest BCUT2D eigenvalue weighted by Gasteiger charge is -2.20.